The van der Waals surface area contributed by atoms with Crippen LogP contribution in [0.1, 0.15) is 35.7 Å². The fourth-order valence-corrected chi connectivity index (χ4v) is 3.07. The van der Waals surface area contributed by atoms with Crippen LogP contribution >= 0.6 is 0 Å². The number of pyridine rings is 2. The van der Waals surface area contributed by atoms with Crippen molar-refractivity contribution in [2.75, 3.05) is 17.7 Å². The number of aryl methyl sites for hydroxylation is 1. The number of nitrogens with two attached hydrogens (primary N) is 1. The number of aromatic nitrogens is 2. The van der Waals surface area contributed by atoms with Crippen molar-refractivity contribution in [1.29, 1.82) is 0 Å². The van der Waals surface area contributed by atoms with Gasteiger partial charge in [-0.1, -0.05) is 13.0 Å². The molecule has 0 aliphatic rings. The van der Waals surface area contributed by atoms with Crippen molar-refractivity contribution in [3.8, 4) is 11.3 Å². The molecule has 0 saturated heterocycles. The Kier molecular flexibility index (Phi) is 6.69. The zero-order chi connectivity index (χ0) is 22.5. The van der Waals surface area contributed by atoms with Crippen molar-refractivity contribution in [3.05, 3.63) is 71.6 Å². The molecule has 1 aromatic carbocycles. The minimum Gasteiger partial charge on any atom is -0.384 e. The van der Waals surface area contributed by atoms with Gasteiger partial charge in [0.05, 0.1) is 11.4 Å². The molecule has 2 aromatic heterocycles. The Morgan fingerprint density at radius 3 is 2.39 bits per heavy atom. The van der Waals surface area contributed by atoms with Crippen LogP contribution in [-0.2, 0) is 11.2 Å². The smallest absolute Gasteiger partial charge is 0.226 e. The molecular formula is C23H22F2N4O2. The maximum absolute atomic E-state index is 14.6. The van der Waals surface area contributed by atoms with Crippen LogP contribution in [0, 0.1) is 11.6 Å². The second kappa shape index (κ2) is 9.42. The van der Waals surface area contributed by atoms with Crippen molar-refractivity contribution >= 4 is 23.2 Å². The number of nitrogens with zero attached hydrogens (tertiary/aromatic N) is 3. The molecule has 0 aliphatic heterocycles. The lowest BCUT2D eigenvalue weighted by molar-refractivity contribution is -0.118. The maximum Gasteiger partial charge on any atom is 0.226 e. The molecule has 0 unspecified atom stereocenters. The summed E-state index contributed by atoms with van der Waals surface area (Å²) >= 11 is 0. The number of amides is 1. The van der Waals surface area contributed by atoms with E-state index in [1.165, 1.54) is 37.5 Å². The van der Waals surface area contributed by atoms with Gasteiger partial charge in [0, 0.05) is 43.4 Å². The second-order valence-corrected chi connectivity index (χ2v) is 7.01. The third kappa shape index (κ3) is 4.91. The zero-order valence-electron chi connectivity index (χ0n) is 17.2. The SMILES string of the molecule is CCC(=O)N(C)c1ccc(-c2ccc(C(=O)CCc3ccc(N)nc3)cn2)c(F)c1F. The number of rotatable bonds is 7. The largest absolute Gasteiger partial charge is 0.384 e. The summed E-state index contributed by atoms with van der Waals surface area (Å²) in [6, 6.07) is 9.18. The van der Waals surface area contributed by atoms with Crippen LogP contribution < -0.4 is 10.6 Å². The van der Waals surface area contributed by atoms with Crippen LogP contribution in [0.4, 0.5) is 20.3 Å². The predicted molar refractivity (Wildman–Crippen MR) is 115 cm³/mol. The number of benzene rings is 1. The van der Waals surface area contributed by atoms with Crippen molar-refractivity contribution in [3.63, 3.8) is 0 Å². The number of halogens is 2. The first-order chi connectivity index (χ1) is 14.8. The fraction of sp³-hybridized carbons (Fsp3) is 0.217. The van der Waals surface area contributed by atoms with Gasteiger partial charge >= 0.3 is 0 Å². The molecule has 1 amide bonds. The third-order valence-corrected chi connectivity index (χ3v) is 4.95. The lowest BCUT2D eigenvalue weighted by Crippen LogP contribution is -2.26. The monoisotopic (exact) mass is 424 g/mol. The second-order valence-electron chi connectivity index (χ2n) is 7.01. The molecule has 0 bridgehead atoms. The van der Waals surface area contributed by atoms with Crippen molar-refractivity contribution in [1.82, 2.24) is 9.97 Å². The van der Waals surface area contributed by atoms with Crippen LogP contribution in [0.2, 0.25) is 0 Å². The van der Waals surface area contributed by atoms with Gasteiger partial charge in [-0.05, 0) is 42.3 Å². The van der Waals surface area contributed by atoms with Gasteiger partial charge in [0.2, 0.25) is 5.91 Å². The summed E-state index contributed by atoms with van der Waals surface area (Å²) in [7, 11) is 1.39. The molecule has 3 aromatic rings. The molecule has 160 valence electrons. The van der Waals surface area contributed by atoms with E-state index < -0.39 is 11.6 Å². The Balaban J connectivity index is 1.74. The molecule has 3 rings (SSSR count). The summed E-state index contributed by atoms with van der Waals surface area (Å²) in [5.74, 6) is -2.27. The number of carbonyl (C=O) groups is 2. The molecule has 8 heteroatoms. The molecule has 2 heterocycles. The van der Waals surface area contributed by atoms with Crippen LogP contribution in [-0.4, -0.2) is 28.7 Å². The molecule has 0 radical (unpaired) electrons. The Labute approximate surface area is 178 Å². The van der Waals surface area contributed by atoms with Crippen molar-refractivity contribution in [2.24, 2.45) is 0 Å². The van der Waals surface area contributed by atoms with Crippen LogP contribution in [0.5, 0.6) is 0 Å². The molecule has 31 heavy (non-hydrogen) atoms. The highest BCUT2D eigenvalue weighted by Crippen LogP contribution is 2.29. The van der Waals surface area contributed by atoms with E-state index in [1.807, 2.05) is 6.07 Å². The summed E-state index contributed by atoms with van der Waals surface area (Å²) in [6.45, 7) is 1.64. The fourth-order valence-electron chi connectivity index (χ4n) is 3.07. The number of anilines is 2. The lowest BCUT2D eigenvalue weighted by atomic mass is 10.0. The van der Waals surface area contributed by atoms with Crippen molar-refractivity contribution in [2.45, 2.75) is 26.2 Å². The van der Waals surface area contributed by atoms with Gasteiger partial charge in [-0.15, -0.1) is 0 Å². The maximum atomic E-state index is 14.6. The summed E-state index contributed by atoms with van der Waals surface area (Å²) in [4.78, 5) is 33.4. The van der Waals surface area contributed by atoms with Crippen LogP contribution in [0.15, 0.2) is 48.8 Å². The van der Waals surface area contributed by atoms with Gasteiger partial charge in [0.25, 0.3) is 0 Å². The molecule has 0 spiro atoms. The first-order valence-corrected chi connectivity index (χ1v) is 9.76. The van der Waals surface area contributed by atoms with E-state index in [9.17, 15) is 18.4 Å². The van der Waals surface area contributed by atoms with Gasteiger partial charge in [0.15, 0.2) is 17.4 Å². The standard InChI is InChI=1S/C23H22F2N4O2/c1-3-21(31)29(2)18-9-7-16(22(24)23(18)25)17-8-6-15(13-27-17)19(30)10-4-14-5-11-20(26)28-12-14/h5-9,11-13H,3-4,10H2,1-2H3,(H2,26,28). The van der Waals surface area contributed by atoms with E-state index >= 15 is 0 Å². The highest BCUT2D eigenvalue weighted by atomic mass is 19.2. The number of ketones is 1. The van der Waals surface area contributed by atoms with E-state index in [0.717, 1.165) is 10.5 Å². The zero-order valence-corrected chi connectivity index (χ0v) is 17.2. The predicted octanol–water partition coefficient (Wildman–Crippen LogP) is 4.19. The summed E-state index contributed by atoms with van der Waals surface area (Å²) in [5, 5.41) is 0. The van der Waals surface area contributed by atoms with E-state index in [-0.39, 0.29) is 41.5 Å². The number of carbonyl (C=O) groups excluding carboxylic acids is 2. The first kappa shape index (κ1) is 22.0. The Bertz CT molecular complexity index is 1100. The highest BCUT2D eigenvalue weighted by molar-refractivity contribution is 5.96. The third-order valence-electron chi connectivity index (χ3n) is 4.95. The molecule has 6 nitrogen and oxygen atoms in total. The van der Waals surface area contributed by atoms with Crippen LogP contribution in [0.25, 0.3) is 11.3 Å². The minimum atomic E-state index is -1.12. The molecule has 0 fully saturated rings. The van der Waals surface area contributed by atoms with Crippen LogP contribution in [0.3, 0.4) is 0 Å². The number of nitrogen functional groups attached to an aromatic ring is 1. The van der Waals surface area contributed by atoms with Gasteiger partial charge in [0.1, 0.15) is 5.82 Å². The van der Waals surface area contributed by atoms with Gasteiger partial charge < -0.3 is 10.6 Å². The highest BCUT2D eigenvalue weighted by Gasteiger charge is 2.20. The van der Waals surface area contributed by atoms with Crippen molar-refractivity contribution < 1.29 is 18.4 Å². The number of hydrogen-bond acceptors (Lipinski definition) is 5. The Morgan fingerprint density at radius 1 is 1.00 bits per heavy atom. The Hall–Kier alpha value is -3.68. The average molecular weight is 424 g/mol. The topological polar surface area (TPSA) is 89.2 Å². The van der Waals surface area contributed by atoms with E-state index in [2.05, 4.69) is 9.97 Å². The molecule has 2 N–H and O–H groups in total. The van der Waals surface area contributed by atoms with Gasteiger partial charge in [-0.25, -0.2) is 13.8 Å². The quantitative estimate of drug-likeness (QED) is 0.575. The van der Waals surface area contributed by atoms with Gasteiger partial charge in [-0.2, -0.15) is 0 Å². The first-order valence-electron chi connectivity index (χ1n) is 9.76. The average Bonchev–Trinajstić information content (AvgIpc) is 2.79. The summed E-state index contributed by atoms with van der Waals surface area (Å²) in [6.07, 6.45) is 3.89. The van der Waals surface area contributed by atoms with E-state index in [1.54, 1.807) is 19.2 Å². The number of hydrogen-bond donors (Lipinski definition) is 1. The molecule has 0 saturated carbocycles. The summed E-state index contributed by atoms with van der Waals surface area (Å²) < 4.78 is 29.2. The lowest BCUT2D eigenvalue weighted by Gasteiger charge is -2.18. The van der Waals surface area contributed by atoms with Gasteiger partial charge in [-0.3, -0.25) is 14.6 Å². The Morgan fingerprint density at radius 2 is 1.77 bits per heavy atom. The summed E-state index contributed by atoms with van der Waals surface area (Å²) in [5.41, 5.74) is 6.80. The molecule has 0 aliphatic carbocycles. The molecule has 0 atom stereocenters. The van der Waals surface area contributed by atoms with E-state index in [0.29, 0.717) is 17.8 Å². The molecular weight excluding hydrogens is 402 g/mol. The minimum absolute atomic E-state index is 0.0504. The normalized spacial score (nSPS) is 10.7. The van der Waals surface area contributed by atoms with E-state index in [4.69, 9.17) is 5.73 Å². The number of Topliss-reactive ketones (excluding diaryl/α,β-unsaturated/α-hetero) is 1.